The number of ether oxygens (including phenoxy) is 1. The largest absolute Gasteiger partial charge is 0.449 e. The van der Waals surface area contributed by atoms with Crippen LogP contribution in [0.15, 0.2) is 51.9 Å². The molecule has 0 saturated carbocycles. The molecule has 2 aromatic heterocycles. The molecule has 25 heavy (non-hydrogen) atoms. The van der Waals surface area contributed by atoms with Gasteiger partial charge in [-0.2, -0.15) is 0 Å². The van der Waals surface area contributed by atoms with Gasteiger partial charge in [-0.1, -0.05) is 21.1 Å². The number of nitrogens with one attached hydrogen (secondary N) is 1. The van der Waals surface area contributed by atoms with Gasteiger partial charge in [-0.05, 0) is 31.2 Å². The number of carbonyl (C=O) groups is 1. The maximum atomic E-state index is 12.0. The Morgan fingerprint density at radius 2 is 2.08 bits per heavy atom. The molecule has 0 unspecified atom stereocenters. The van der Waals surface area contributed by atoms with Crippen LogP contribution in [0.2, 0.25) is 0 Å². The van der Waals surface area contributed by atoms with E-state index < -0.39 is 6.09 Å². The number of hydrogen-bond donors (Lipinski definition) is 1. The summed E-state index contributed by atoms with van der Waals surface area (Å²) in [6, 6.07) is 7.51. The first kappa shape index (κ1) is 17.1. The minimum absolute atomic E-state index is 0.197. The van der Waals surface area contributed by atoms with Crippen molar-refractivity contribution in [2.45, 2.75) is 13.3 Å². The highest BCUT2D eigenvalue weighted by atomic mass is 79.9. The number of benzene rings is 1. The predicted octanol–water partition coefficient (Wildman–Crippen LogP) is 3.99. The van der Waals surface area contributed by atoms with Gasteiger partial charge in [-0.3, -0.25) is 15.3 Å². The predicted molar refractivity (Wildman–Crippen MR) is 95.1 cm³/mol. The van der Waals surface area contributed by atoms with E-state index in [0.717, 1.165) is 15.7 Å². The highest BCUT2D eigenvalue weighted by molar-refractivity contribution is 9.10. The Balaban J connectivity index is 1.63. The molecule has 2 heterocycles. The molecule has 1 N–H and O–H groups in total. The van der Waals surface area contributed by atoms with Crippen molar-refractivity contribution in [2.75, 3.05) is 11.9 Å². The van der Waals surface area contributed by atoms with Crippen molar-refractivity contribution in [1.82, 2.24) is 15.1 Å². The van der Waals surface area contributed by atoms with Crippen molar-refractivity contribution in [3.05, 3.63) is 58.7 Å². The zero-order valence-corrected chi connectivity index (χ0v) is 15.0. The summed E-state index contributed by atoms with van der Waals surface area (Å²) in [5.41, 5.74) is 2.63. The Bertz CT molecular complexity index is 850. The van der Waals surface area contributed by atoms with Crippen molar-refractivity contribution in [2.24, 2.45) is 0 Å². The van der Waals surface area contributed by atoms with E-state index in [0.29, 0.717) is 23.6 Å². The average molecular weight is 403 g/mol. The average Bonchev–Trinajstić information content (AvgIpc) is 2.97. The second-order valence-corrected chi connectivity index (χ2v) is 6.10. The number of rotatable bonds is 5. The van der Waals surface area contributed by atoms with Crippen molar-refractivity contribution >= 4 is 27.7 Å². The number of aromatic nitrogens is 3. The van der Waals surface area contributed by atoms with Crippen LogP contribution in [0, 0.1) is 6.92 Å². The van der Waals surface area contributed by atoms with Crippen LogP contribution < -0.4 is 5.32 Å². The number of carbonyl (C=O) groups excluding carboxylic acids is 1. The van der Waals surface area contributed by atoms with Gasteiger partial charge in [0.05, 0.1) is 12.3 Å². The summed E-state index contributed by atoms with van der Waals surface area (Å²) in [6.07, 6.45) is 4.74. The third-order valence-corrected chi connectivity index (χ3v) is 3.93. The third-order valence-electron chi connectivity index (χ3n) is 3.40. The monoisotopic (exact) mass is 402 g/mol. The zero-order chi connectivity index (χ0) is 17.6. The van der Waals surface area contributed by atoms with E-state index in [1.54, 1.807) is 25.5 Å². The minimum Gasteiger partial charge on any atom is -0.449 e. The molecule has 3 aromatic rings. The molecule has 0 aliphatic rings. The van der Waals surface area contributed by atoms with Gasteiger partial charge in [0.2, 0.25) is 0 Å². The van der Waals surface area contributed by atoms with Crippen molar-refractivity contribution in [3.8, 4) is 11.3 Å². The lowest BCUT2D eigenvalue weighted by Gasteiger charge is -2.07. The van der Waals surface area contributed by atoms with Gasteiger partial charge in [0.15, 0.2) is 5.76 Å². The van der Waals surface area contributed by atoms with Crippen molar-refractivity contribution in [3.63, 3.8) is 0 Å². The van der Waals surface area contributed by atoms with Crippen LogP contribution in [0.5, 0.6) is 0 Å². The van der Waals surface area contributed by atoms with Crippen LogP contribution in [-0.2, 0) is 11.2 Å². The molecular weight excluding hydrogens is 388 g/mol. The zero-order valence-electron chi connectivity index (χ0n) is 13.4. The van der Waals surface area contributed by atoms with E-state index in [4.69, 9.17) is 9.26 Å². The van der Waals surface area contributed by atoms with Gasteiger partial charge in [0, 0.05) is 35.0 Å². The number of aryl methyl sites for hydroxylation is 1. The quantitative estimate of drug-likeness (QED) is 0.693. The molecule has 0 fully saturated rings. The maximum absolute atomic E-state index is 12.0. The number of halogens is 1. The lowest BCUT2D eigenvalue weighted by Crippen LogP contribution is -2.16. The molecule has 128 valence electrons. The Hall–Kier alpha value is -2.74. The third kappa shape index (κ3) is 4.42. The van der Waals surface area contributed by atoms with Crippen LogP contribution in [0.3, 0.4) is 0 Å². The second kappa shape index (κ2) is 7.89. The summed E-state index contributed by atoms with van der Waals surface area (Å²) in [7, 11) is 0. The molecule has 8 heteroatoms. The van der Waals surface area contributed by atoms with Crippen LogP contribution >= 0.6 is 15.9 Å². The SMILES string of the molecule is Cc1noc(-c2ccc(Br)cc2)c1NC(=O)OCCc1cnccn1. The van der Waals surface area contributed by atoms with Crippen LogP contribution in [0.1, 0.15) is 11.4 Å². The van der Waals surface area contributed by atoms with Gasteiger partial charge < -0.3 is 9.26 Å². The van der Waals surface area contributed by atoms with E-state index in [-0.39, 0.29) is 6.61 Å². The molecule has 0 bridgehead atoms. The van der Waals surface area contributed by atoms with Crippen LogP contribution in [0.4, 0.5) is 10.5 Å². The maximum Gasteiger partial charge on any atom is 0.411 e. The molecule has 0 atom stereocenters. The highest BCUT2D eigenvalue weighted by Gasteiger charge is 2.18. The number of amides is 1. The lowest BCUT2D eigenvalue weighted by molar-refractivity contribution is 0.162. The first-order chi connectivity index (χ1) is 12.1. The first-order valence-corrected chi connectivity index (χ1v) is 8.33. The molecule has 0 aliphatic carbocycles. The van der Waals surface area contributed by atoms with E-state index in [1.165, 1.54) is 0 Å². The smallest absolute Gasteiger partial charge is 0.411 e. The normalized spacial score (nSPS) is 10.5. The number of nitrogens with zero attached hydrogens (tertiary/aromatic N) is 3. The van der Waals surface area contributed by atoms with E-state index in [9.17, 15) is 4.79 Å². The topological polar surface area (TPSA) is 90.1 Å². The van der Waals surface area contributed by atoms with Gasteiger partial charge in [0.1, 0.15) is 11.4 Å². The van der Waals surface area contributed by atoms with Crippen molar-refractivity contribution < 1.29 is 14.1 Å². The molecule has 7 nitrogen and oxygen atoms in total. The Kier molecular flexibility index (Phi) is 5.39. The summed E-state index contributed by atoms with van der Waals surface area (Å²) in [5.74, 6) is 0.482. The fraction of sp³-hybridized carbons (Fsp3) is 0.176. The fourth-order valence-corrected chi connectivity index (χ4v) is 2.43. The molecule has 1 amide bonds. The summed E-state index contributed by atoms with van der Waals surface area (Å²) in [6.45, 7) is 1.95. The minimum atomic E-state index is -0.575. The molecule has 0 aliphatic heterocycles. The van der Waals surface area contributed by atoms with Crippen LogP contribution in [-0.4, -0.2) is 27.8 Å². The van der Waals surface area contributed by atoms with E-state index in [1.807, 2.05) is 24.3 Å². The number of hydrogen-bond acceptors (Lipinski definition) is 6. The van der Waals surface area contributed by atoms with Crippen LogP contribution in [0.25, 0.3) is 11.3 Å². The molecule has 1 aromatic carbocycles. The molecule has 0 saturated heterocycles. The Labute approximate surface area is 152 Å². The fourth-order valence-electron chi connectivity index (χ4n) is 2.16. The summed E-state index contributed by atoms with van der Waals surface area (Å²) in [5, 5.41) is 6.61. The van der Waals surface area contributed by atoms with E-state index >= 15 is 0 Å². The number of anilines is 1. The highest BCUT2D eigenvalue weighted by Crippen LogP contribution is 2.31. The Morgan fingerprint density at radius 1 is 1.28 bits per heavy atom. The van der Waals surface area contributed by atoms with Crippen molar-refractivity contribution in [1.29, 1.82) is 0 Å². The van der Waals surface area contributed by atoms with Gasteiger partial charge in [-0.15, -0.1) is 0 Å². The van der Waals surface area contributed by atoms with Gasteiger partial charge >= 0.3 is 6.09 Å². The second-order valence-electron chi connectivity index (χ2n) is 5.19. The lowest BCUT2D eigenvalue weighted by atomic mass is 10.1. The first-order valence-electron chi connectivity index (χ1n) is 7.54. The summed E-state index contributed by atoms with van der Waals surface area (Å²) < 4.78 is 11.5. The van der Waals surface area contributed by atoms with E-state index in [2.05, 4.69) is 36.4 Å². The molecule has 0 spiro atoms. The molecule has 0 radical (unpaired) electrons. The molecular formula is C17H15BrN4O3. The van der Waals surface area contributed by atoms with Gasteiger partial charge in [-0.25, -0.2) is 4.79 Å². The Morgan fingerprint density at radius 3 is 2.80 bits per heavy atom. The summed E-state index contributed by atoms with van der Waals surface area (Å²) >= 11 is 3.38. The standard InChI is InChI=1S/C17H15BrN4O3/c1-11-15(16(25-22-11)12-2-4-13(18)5-3-12)21-17(23)24-9-6-14-10-19-7-8-20-14/h2-5,7-8,10H,6,9H2,1H3,(H,21,23). The molecule has 3 rings (SSSR count). The summed E-state index contributed by atoms with van der Waals surface area (Å²) in [4.78, 5) is 20.1. The van der Waals surface area contributed by atoms with Gasteiger partial charge in [0.25, 0.3) is 0 Å².